The van der Waals surface area contributed by atoms with Crippen LogP contribution in [-0.2, 0) is 20.0 Å². The normalized spacial score (nSPS) is 14.7. The molecule has 0 spiro atoms. The number of methoxy groups -OCH3 is 2. The molecular formula is C28H33N3O7S2. The second-order valence-electron chi connectivity index (χ2n) is 9.33. The molecular weight excluding hydrogens is 554 g/mol. The molecule has 0 unspecified atom stereocenters. The molecule has 1 fully saturated rings. The van der Waals surface area contributed by atoms with Crippen LogP contribution in [0.2, 0.25) is 0 Å². The van der Waals surface area contributed by atoms with Crippen molar-refractivity contribution < 1.29 is 31.1 Å². The zero-order valence-corrected chi connectivity index (χ0v) is 24.3. The Morgan fingerprint density at radius 1 is 0.775 bits per heavy atom. The van der Waals surface area contributed by atoms with Gasteiger partial charge in [-0.3, -0.25) is 9.10 Å². The molecule has 1 aliphatic rings. The topological polar surface area (TPSA) is 122 Å². The van der Waals surface area contributed by atoms with E-state index in [9.17, 15) is 21.6 Å². The summed E-state index contributed by atoms with van der Waals surface area (Å²) < 4.78 is 65.4. The highest BCUT2D eigenvalue weighted by Gasteiger charge is 2.26. The van der Waals surface area contributed by atoms with E-state index in [4.69, 9.17) is 9.47 Å². The van der Waals surface area contributed by atoms with Crippen LogP contribution in [0.15, 0.2) is 76.5 Å². The molecule has 0 bridgehead atoms. The summed E-state index contributed by atoms with van der Waals surface area (Å²) in [4.78, 5) is 13.0. The number of benzene rings is 3. The molecule has 0 radical (unpaired) electrons. The molecule has 0 aliphatic carbocycles. The number of ether oxygens (including phenoxy) is 2. The predicted molar refractivity (Wildman–Crippen MR) is 153 cm³/mol. The Morgan fingerprint density at radius 2 is 1.35 bits per heavy atom. The Hall–Kier alpha value is -3.61. The quantitative estimate of drug-likeness (QED) is 0.395. The summed E-state index contributed by atoms with van der Waals surface area (Å²) in [6.07, 6.45) is 3.76. The zero-order chi connectivity index (χ0) is 28.9. The monoisotopic (exact) mass is 587 g/mol. The lowest BCUT2D eigenvalue weighted by Crippen LogP contribution is -2.31. The number of rotatable bonds is 9. The van der Waals surface area contributed by atoms with E-state index in [0.29, 0.717) is 35.8 Å². The van der Waals surface area contributed by atoms with Gasteiger partial charge in [0.1, 0.15) is 0 Å². The molecule has 1 N–H and O–H groups in total. The van der Waals surface area contributed by atoms with Gasteiger partial charge in [0.2, 0.25) is 10.0 Å². The standard InChI is InChI=1S/C28H33N3O7S2/c1-30(39(33,34)25-16-17-26(37-2)27(20-25)38-3)23-12-8-21(9-13-23)28(32)29-22-10-14-24(15-11-22)40(35,36)31-18-6-4-5-7-19-31/h8-17,20H,4-7,18-19H2,1-3H3,(H,29,32). The van der Waals surface area contributed by atoms with Crippen LogP contribution in [0.25, 0.3) is 0 Å². The van der Waals surface area contributed by atoms with E-state index in [1.807, 2.05) is 0 Å². The molecule has 0 atom stereocenters. The first-order chi connectivity index (χ1) is 19.1. The number of hydrogen-bond acceptors (Lipinski definition) is 7. The minimum Gasteiger partial charge on any atom is -0.493 e. The van der Waals surface area contributed by atoms with E-state index in [2.05, 4.69) is 5.32 Å². The Labute approximate surface area is 235 Å². The number of carbonyl (C=O) groups is 1. The van der Waals surface area contributed by atoms with Gasteiger partial charge < -0.3 is 14.8 Å². The van der Waals surface area contributed by atoms with Gasteiger partial charge in [-0.15, -0.1) is 0 Å². The number of anilines is 2. The Balaban J connectivity index is 1.44. The van der Waals surface area contributed by atoms with Gasteiger partial charge in [0, 0.05) is 37.5 Å². The van der Waals surface area contributed by atoms with Crippen LogP contribution < -0.4 is 19.1 Å². The molecule has 1 amide bonds. The van der Waals surface area contributed by atoms with Crippen molar-refractivity contribution in [1.82, 2.24) is 4.31 Å². The smallest absolute Gasteiger partial charge is 0.264 e. The molecule has 40 heavy (non-hydrogen) atoms. The minimum atomic E-state index is -3.91. The Morgan fingerprint density at radius 3 is 1.93 bits per heavy atom. The number of nitrogens with one attached hydrogen (secondary N) is 1. The van der Waals surface area contributed by atoms with Gasteiger partial charge in [0.25, 0.3) is 15.9 Å². The van der Waals surface area contributed by atoms with Crippen LogP contribution in [0.1, 0.15) is 36.0 Å². The van der Waals surface area contributed by atoms with E-state index in [-0.39, 0.29) is 15.5 Å². The Bertz CT molecular complexity index is 1550. The Kier molecular flexibility index (Phi) is 9.02. The molecule has 3 aromatic rings. The zero-order valence-electron chi connectivity index (χ0n) is 22.7. The van der Waals surface area contributed by atoms with E-state index < -0.39 is 26.0 Å². The molecule has 1 saturated heterocycles. The van der Waals surface area contributed by atoms with Gasteiger partial charge in [-0.1, -0.05) is 12.8 Å². The van der Waals surface area contributed by atoms with E-state index >= 15 is 0 Å². The van der Waals surface area contributed by atoms with Gasteiger partial charge in [0.05, 0.1) is 29.7 Å². The van der Waals surface area contributed by atoms with Gasteiger partial charge >= 0.3 is 0 Å². The number of hydrogen-bond donors (Lipinski definition) is 1. The lowest BCUT2D eigenvalue weighted by molar-refractivity contribution is 0.102. The molecule has 1 heterocycles. The minimum absolute atomic E-state index is 0.0239. The summed E-state index contributed by atoms with van der Waals surface area (Å²) in [6, 6.07) is 16.5. The lowest BCUT2D eigenvalue weighted by atomic mass is 10.2. The molecule has 3 aromatic carbocycles. The number of amides is 1. The van der Waals surface area contributed by atoms with Crippen molar-refractivity contribution >= 4 is 37.3 Å². The van der Waals surface area contributed by atoms with Crippen molar-refractivity contribution in [2.75, 3.05) is 44.0 Å². The highest BCUT2D eigenvalue weighted by Crippen LogP contribution is 2.32. The van der Waals surface area contributed by atoms with Crippen LogP contribution in [0, 0.1) is 0 Å². The highest BCUT2D eigenvalue weighted by atomic mass is 32.2. The van der Waals surface area contributed by atoms with E-state index in [1.54, 1.807) is 12.1 Å². The lowest BCUT2D eigenvalue weighted by Gasteiger charge is -2.20. The second-order valence-corrected chi connectivity index (χ2v) is 13.2. The first kappa shape index (κ1) is 29.4. The first-order valence-corrected chi connectivity index (χ1v) is 15.7. The van der Waals surface area contributed by atoms with Gasteiger partial charge in [-0.25, -0.2) is 16.8 Å². The SMILES string of the molecule is COc1ccc(S(=O)(=O)N(C)c2ccc(C(=O)Nc3ccc(S(=O)(=O)N4CCCCCC4)cc3)cc2)cc1OC. The van der Waals surface area contributed by atoms with Crippen molar-refractivity contribution in [3.63, 3.8) is 0 Å². The van der Waals surface area contributed by atoms with Crippen LogP contribution in [0.5, 0.6) is 11.5 Å². The van der Waals surface area contributed by atoms with E-state index in [1.165, 1.54) is 80.2 Å². The summed E-state index contributed by atoms with van der Waals surface area (Å²) in [6.45, 7) is 1.03. The highest BCUT2D eigenvalue weighted by molar-refractivity contribution is 7.92. The summed E-state index contributed by atoms with van der Waals surface area (Å²) >= 11 is 0. The fourth-order valence-corrected chi connectivity index (χ4v) is 7.17. The van der Waals surface area contributed by atoms with Crippen LogP contribution in [-0.4, -0.2) is 61.4 Å². The third-order valence-electron chi connectivity index (χ3n) is 6.82. The number of sulfonamides is 2. The molecule has 1 aliphatic heterocycles. The summed E-state index contributed by atoms with van der Waals surface area (Å²) in [7, 11) is -3.19. The van der Waals surface area contributed by atoms with Gasteiger partial charge in [-0.05, 0) is 73.5 Å². The van der Waals surface area contributed by atoms with Crippen molar-refractivity contribution in [2.24, 2.45) is 0 Å². The maximum Gasteiger partial charge on any atom is 0.264 e. The second kappa shape index (κ2) is 12.3. The maximum atomic E-state index is 13.2. The van der Waals surface area contributed by atoms with E-state index in [0.717, 1.165) is 30.0 Å². The molecule has 10 nitrogen and oxygen atoms in total. The van der Waals surface area contributed by atoms with Crippen molar-refractivity contribution in [2.45, 2.75) is 35.5 Å². The molecule has 0 aromatic heterocycles. The number of nitrogens with zero attached hydrogens (tertiary/aromatic N) is 2. The molecule has 4 rings (SSSR count). The predicted octanol–water partition coefficient (Wildman–Crippen LogP) is 4.35. The largest absolute Gasteiger partial charge is 0.493 e. The summed E-state index contributed by atoms with van der Waals surface area (Å²) in [5, 5.41) is 2.75. The number of carbonyl (C=O) groups excluding carboxylic acids is 1. The first-order valence-electron chi connectivity index (χ1n) is 12.8. The summed E-state index contributed by atoms with van der Waals surface area (Å²) in [5.74, 6) is 0.282. The molecule has 0 saturated carbocycles. The van der Waals surface area contributed by atoms with Crippen molar-refractivity contribution in [1.29, 1.82) is 0 Å². The maximum absolute atomic E-state index is 13.2. The van der Waals surface area contributed by atoms with Crippen molar-refractivity contribution in [3.8, 4) is 11.5 Å². The van der Waals surface area contributed by atoms with Crippen LogP contribution >= 0.6 is 0 Å². The van der Waals surface area contributed by atoms with Gasteiger partial charge in [-0.2, -0.15) is 4.31 Å². The van der Waals surface area contributed by atoms with Crippen LogP contribution in [0.3, 0.4) is 0 Å². The third-order valence-corrected chi connectivity index (χ3v) is 10.5. The molecule has 12 heteroatoms. The summed E-state index contributed by atoms with van der Waals surface area (Å²) in [5.41, 5.74) is 1.10. The average molecular weight is 588 g/mol. The third kappa shape index (κ3) is 6.24. The fourth-order valence-electron chi connectivity index (χ4n) is 4.44. The fraction of sp³-hybridized carbons (Fsp3) is 0.321. The molecule has 214 valence electrons. The van der Waals surface area contributed by atoms with Crippen molar-refractivity contribution in [3.05, 3.63) is 72.3 Å². The van der Waals surface area contributed by atoms with Gasteiger partial charge in [0.15, 0.2) is 11.5 Å². The van der Waals surface area contributed by atoms with Crippen LogP contribution in [0.4, 0.5) is 11.4 Å². The average Bonchev–Trinajstić information content (AvgIpc) is 3.27.